The number of hydrogen-bond acceptors (Lipinski definition) is 11. The van der Waals surface area contributed by atoms with Gasteiger partial charge in [-0.3, -0.25) is 19.7 Å². The van der Waals surface area contributed by atoms with Crippen molar-refractivity contribution in [3.05, 3.63) is 188 Å². The van der Waals surface area contributed by atoms with E-state index in [1.54, 1.807) is 48.5 Å². The number of nitrogen functional groups attached to an aromatic ring is 1. The number of anilines is 5. The third kappa shape index (κ3) is 13.6. The predicted octanol–water partition coefficient (Wildman–Crippen LogP) is 10.5. The molecule has 2 fully saturated rings. The molecule has 0 atom stereocenters. The van der Waals surface area contributed by atoms with E-state index in [1.165, 1.54) is 51.5 Å². The van der Waals surface area contributed by atoms with Crippen LogP contribution in [0.25, 0.3) is 0 Å². The highest BCUT2D eigenvalue weighted by atomic mass is 16.6. The van der Waals surface area contributed by atoms with Crippen LogP contribution in [0.4, 0.5) is 34.1 Å². The quantitative estimate of drug-likeness (QED) is 0.0385. The molecule has 2 heterocycles. The van der Waals surface area contributed by atoms with E-state index in [0.717, 1.165) is 98.5 Å². The van der Waals surface area contributed by atoms with Gasteiger partial charge in [0.05, 0.1) is 35.8 Å². The Morgan fingerprint density at radius 2 is 0.871 bits per heavy atom. The minimum atomic E-state index is -0.518. The topological polar surface area (TPSA) is 186 Å². The van der Waals surface area contributed by atoms with Crippen molar-refractivity contribution in [2.45, 2.75) is 64.2 Å². The van der Waals surface area contributed by atoms with Gasteiger partial charge in [0.2, 0.25) is 0 Å². The van der Waals surface area contributed by atoms with Gasteiger partial charge in [-0.05, 0) is 165 Å². The molecule has 0 bridgehead atoms. The Morgan fingerprint density at radius 1 is 0.514 bits per heavy atom. The molecule has 8 rings (SSSR count). The SMILES string of the molecule is COC(=O)c1ccc(CCc2ccc(NC(=O)c3cc(N4CCCCC4)ccc3N)cc2)cc1.COC(=O)c1ccc(CCc2ccc(NC(=O)c3cc(N4CCCCC4)ccc3[N+](=O)[O-])cc2)cc1. The Balaban J connectivity index is 0.000000207. The summed E-state index contributed by atoms with van der Waals surface area (Å²) in [5.74, 6) is -1.39. The number of nitrogens with two attached hydrogens (primary N) is 1. The third-order valence-corrected chi connectivity index (χ3v) is 12.7. The fourth-order valence-corrected chi connectivity index (χ4v) is 8.64. The highest BCUT2D eigenvalue weighted by Crippen LogP contribution is 2.29. The van der Waals surface area contributed by atoms with E-state index in [2.05, 4.69) is 20.4 Å². The van der Waals surface area contributed by atoms with Gasteiger partial charge in [-0.15, -0.1) is 0 Å². The maximum atomic E-state index is 13.0. The second kappa shape index (κ2) is 24.3. The molecule has 2 saturated heterocycles. The van der Waals surface area contributed by atoms with Gasteiger partial charge in [0.15, 0.2) is 0 Å². The number of methoxy groups -OCH3 is 2. The molecule has 70 heavy (non-hydrogen) atoms. The van der Waals surface area contributed by atoms with Crippen LogP contribution in [0.5, 0.6) is 0 Å². The van der Waals surface area contributed by atoms with E-state index >= 15 is 0 Å². The van der Waals surface area contributed by atoms with Gasteiger partial charge in [-0.1, -0.05) is 48.5 Å². The number of rotatable bonds is 15. The molecule has 4 N–H and O–H groups in total. The predicted molar refractivity (Wildman–Crippen MR) is 275 cm³/mol. The van der Waals surface area contributed by atoms with E-state index < -0.39 is 10.8 Å². The lowest BCUT2D eigenvalue weighted by Gasteiger charge is -2.29. The van der Waals surface area contributed by atoms with Gasteiger partial charge in [0.25, 0.3) is 17.5 Å². The molecule has 0 saturated carbocycles. The smallest absolute Gasteiger partial charge is 0.337 e. The van der Waals surface area contributed by atoms with E-state index in [1.807, 2.05) is 78.9 Å². The minimum Gasteiger partial charge on any atom is -0.465 e. The molecule has 2 aliphatic heterocycles. The molecule has 362 valence electrons. The second-order valence-electron chi connectivity index (χ2n) is 17.5. The fourth-order valence-electron chi connectivity index (χ4n) is 8.64. The van der Waals surface area contributed by atoms with Crippen LogP contribution in [0.3, 0.4) is 0 Å². The van der Waals surface area contributed by atoms with E-state index in [4.69, 9.17) is 15.2 Å². The minimum absolute atomic E-state index is 0.0579. The monoisotopic (exact) mass is 944 g/mol. The number of carbonyl (C=O) groups excluding carboxylic acids is 4. The number of nitro benzene ring substituents is 1. The van der Waals surface area contributed by atoms with Crippen molar-refractivity contribution in [1.29, 1.82) is 0 Å². The van der Waals surface area contributed by atoms with Gasteiger partial charge in [-0.25, -0.2) is 9.59 Å². The third-order valence-electron chi connectivity index (χ3n) is 12.7. The van der Waals surface area contributed by atoms with Crippen molar-refractivity contribution in [2.75, 3.05) is 66.6 Å². The van der Waals surface area contributed by atoms with Crippen LogP contribution < -0.4 is 26.2 Å². The molecular weight excluding hydrogens is 885 g/mol. The lowest BCUT2D eigenvalue weighted by molar-refractivity contribution is -0.385. The molecule has 14 heteroatoms. The van der Waals surface area contributed by atoms with E-state index in [9.17, 15) is 29.3 Å². The number of nitrogens with zero attached hydrogens (tertiary/aromatic N) is 3. The molecule has 0 aliphatic carbocycles. The molecule has 2 aliphatic rings. The van der Waals surface area contributed by atoms with Gasteiger partial charge >= 0.3 is 11.9 Å². The lowest BCUT2D eigenvalue weighted by atomic mass is 10.0. The molecule has 0 spiro atoms. The van der Waals surface area contributed by atoms with E-state index in [0.29, 0.717) is 28.1 Å². The number of nitro groups is 1. The Morgan fingerprint density at radius 3 is 1.26 bits per heavy atom. The summed E-state index contributed by atoms with van der Waals surface area (Å²) >= 11 is 0. The van der Waals surface area contributed by atoms with Crippen molar-refractivity contribution in [3.8, 4) is 0 Å². The molecule has 0 aromatic heterocycles. The molecular formula is C56H60N6O8. The maximum absolute atomic E-state index is 13.0. The molecule has 6 aromatic rings. The largest absolute Gasteiger partial charge is 0.465 e. The standard InChI is InChI=1S/C28H29N3O5.C28H31N3O3/c1-36-28(33)22-11-7-20(8-12-22)5-6-21-9-13-23(14-10-21)29-27(32)25-19-24(15-16-26(25)31(34)35)30-17-3-2-4-18-30;1-34-28(33)22-11-7-20(8-12-22)5-6-21-9-13-23(14-10-21)30-27(32)25-19-24(15-16-26(25)29)31-17-3-2-4-18-31/h7-16,19H,2-6,17-18H2,1H3,(H,29,32);7-16,19H,2-6,17-18,29H2,1H3,(H,30,32). The zero-order valence-electron chi connectivity index (χ0n) is 39.8. The fraction of sp³-hybridized carbons (Fsp3) is 0.286. The van der Waals surface area contributed by atoms with Crippen LogP contribution in [0, 0.1) is 10.1 Å². The van der Waals surface area contributed by atoms with Crippen LogP contribution in [-0.4, -0.2) is 69.1 Å². The maximum Gasteiger partial charge on any atom is 0.337 e. The van der Waals surface area contributed by atoms with Crippen LogP contribution in [0.2, 0.25) is 0 Å². The number of carbonyl (C=O) groups is 4. The highest BCUT2D eigenvalue weighted by molar-refractivity contribution is 6.09. The zero-order chi connectivity index (χ0) is 49.4. The van der Waals surface area contributed by atoms with Gasteiger partial charge in [-0.2, -0.15) is 0 Å². The Bertz CT molecular complexity index is 2750. The first-order valence-corrected chi connectivity index (χ1v) is 23.8. The lowest BCUT2D eigenvalue weighted by Crippen LogP contribution is -2.29. The summed E-state index contributed by atoms with van der Waals surface area (Å²) in [5.41, 5.74) is 15.7. The number of amides is 2. The summed E-state index contributed by atoms with van der Waals surface area (Å²) in [5, 5.41) is 17.3. The first-order valence-electron chi connectivity index (χ1n) is 23.8. The molecule has 6 aromatic carbocycles. The van der Waals surface area contributed by atoms with Crippen LogP contribution in [0.15, 0.2) is 133 Å². The average molecular weight is 945 g/mol. The van der Waals surface area contributed by atoms with Crippen LogP contribution in [0.1, 0.15) is 102 Å². The van der Waals surface area contributed by atoms with E-state index in [-0.39, 0.29) is 29.1 Å². The zero-order valence-corrected chi connectivity index (χ0v) is 39.8. The first-order chi connectivity index (χ1) is 34.0. The number of hydrogen-bond donors (Lipinski definition) is 3. The number of nitrogens with one attached hydrogen (secondary N) is 2. The van der Waals surface area contributed by atoms with Crippen LogP contribution in [-0.2, 0) is 35.2 Å². The summed E-state index contributed by atoms with van der Waals surface area (Å²) in [6, 6.07) is 40.6. The van der Waals surface area contributed by atoms with Gasteiger partial charge in [0, 0.05) is 60.7 Å². The number of aryl methyl sites for hydroxylation is 4. The highest BCUT2D eigenvalue weighted by Gasteiger charge is 2.23. The molecule has 0 radical (unpaired) electrons. The Labute approximate surface area is 408 Å². The van der Waals surface area contributed by atoms with Gasteiger partial charge in [0.1, 0.15) is 5.56 Å². The summed E-state index contributed by atoms with van der Waals surface area (Å²) in [7, 11) is 2.74. The summed E-state index contributed by atoms with van der Waals surface area (Å²) < 4.78 is 9.45. The van der Waals surface area contributed by atoms with Gasteiger partial charge < -0.3 is 35.6 Å². The Kier molecular flexibility index (Phi) is 17.3. The molecule has 2 amide bonds. The summed E-state index contributed by atoms with van der Waals surface area (Å²) in [6.07, 6.45) is 10.2. The Hall–Kier alpha value is -8.00. The summed E-state index contributed by atoms with van der Waals surface area (Å²) in [6.45, 7) is 3.80. The average Bonchev–Trinajstić information content (AvgIpc) is 3.40. The van der Waals surface area contributed by atoms with Crippen molar-refractivity contribution >= 4 is 57.9 Å². The van der Waals surface area contributed by atoms with Crippen molar-refractivity contribution in [3.63, 3.8) is 0 Å². The first kappa shape index (κ1) is 49.9. The second-order valence-corrected chi connectivity index (χ2v) is 17.5. The number of benzene rings is 6. The van der Waals surface area contributed by atoms with Crippen molar-refractivity contribution in [2.24, 2.45) is 0 Å². The number of piperidine rings is 2. The normalized spacial score (nSPS) is 13.3. The van der Waals surface area contributed by atoms with Crippen LogP contribution >= 0.6 is 0 Å². The summed E-state index contributed by atoms with van der Waals surface area (Å²) in [4.78, 5) is 64.5. The molecule has 14 nitrogen and oxygen atoms in total. The van der Waals surface area contributed by atoms with Crippen molar-refractivity contribution in [1.82, 2.24) is 0 Å². The molecule has 0 unspecified atom stereocenters. The number of esters is 2. The van der Waals surface area contributed by atoms with Crippen molar-refractivity contribution < 1.29 is 33.6 Å². The number of ether oxygens (including phenoxy) is 2.